The minimum atomic E-state index is 0.0269. The van der Waals surface area contributed by atoms with E-state index in [0.717, 1.165) is 29.8 Å². The minimum Gasteiger partial charge on any atom is -0.366 e. The van der Waals surface area contributed by atoms with E-state index >= 15 is 0 Å². The van der Waals surface area contributed by atoms with Crippen LogP contribution in [0.15, 0.2) is 18.3 Å². The maximum atomic E-state index is 12.0. The van der Waals surface area contributed by atoms with Crippen LogP contribution in [0.1, 0.15) is 19.5 Å². The van der Waals surface area contributed by atoms with Gasteiger partial charge in [0.15, 0.2) is 5.69 Å². The molecule has 1 saturated heterocycles. The average Bonchev–Trinajstić information content (AvgIpc) is 3.00. The van der Waals surface area contributed by atoms with Crippen molar-refractivity contribution in [3.8, 4) is 6.07 Å². The van der Waals surface area contributed by atoms with Crippen LogP contribution in [-0.4, -0.2) is 47.0 Å². The van der Waals surface area contributed by atoms with Gasteiger partial charge in [0, 0.05) is 43.7 Å². The lowest BCUT2D eigenvalue weighted by atomic mass is 10.1. The van der Waals surface area contributed by atoms with Gasteiger partial charge in [0.2, 0.25) is 5.91 Å². The van der Waals surface area contributed by atoms with Crippen LogP contribution in [0.4, 0.5) is 5.69 Å². The van der Waals surface area contributed by atoms with Gasteiger partial charge in [0.1, 0.15) is 11.7 Å². The Labute approximate surface area is 129 Å². The van der Waals surface area contributed by atoms with E-state index < -0.39 is 0 Å². The molecule has 0 bridgehead atoms. The molecule has 0 unspecified atom stereocenters. The first-order valence-corrected chi connectivity index (χ1v) is 7.52. The molecule has 114 valence electrons. The Morgan fingerprint density at radius 1 is 1.36 bits per heavy atom. The summed E-state index contributed by atoms with van der Waals surface area (Å²) in [5.74, 6) is 0.221. The Balaban J connectivity index is 1.81. The third-order valence-electron chi connectivity index (χ3n) is 4.05. The Morgan fingerprint density at radius 3 is 2.73 bits per heavy atom. The van der Waals surface area contributed by atoms with Crippen LogP contribution in [0, 0.1) is 17.2 Å². The second kappa shape index (κ2) is 5.68. The fraction of sp³-hybridized carbons (Fsp3) is 0.438. The normalized spacial score (nSPS) is 15.4. The summed E-state index contributed by atoms with van der Waals surface area (Å²) < 4.78 is 0. The zero-order valence-electron chi connectivity index (χ0n) is 12.8. The number of nitrogens with one attached hydrogen (secondary N) is 1. The molecule has 3 heterocycles. The van der Waals surface area contributed by atoms with Crippen LogP contribution in [0.25, 0.3) is 11.0 Å². The van der Waals surface area contributed by atoms with Crippen LogP contribution in [0.2, 0.25) is 0 Å². The number of hydrogen-bond acceptors (Lipinski definition) is 4. The number of pyridine rings is 1. The van der Waals surface area contributed by atoms with Crippen molar-refractivity contribution in [3.63, 3.8) is 0 Å². The molecule has 22 heavy (non-hydrogen) atoms. The van der Waals surface area contributed by atoms with Gasteiger partial charge in [-0.1, -0.05) is 13.8 Å². The van der Waals surface area contributed by atoms with E-state index in [-0.39, 0.29) is 11.8 Å². The van der Waals surface area contributed by atoms with Gasteiger partial charge in [-0.15, -0.1) is 0 Å². The van der Waals surface area contributed by atoms with Gasteiger partial charge >= 0.3 is 0 Å². The number of carbonyl (C=O) groups is 1. The van der Waals surface area contributed by atoms with Crippen LogP contribution in [0.5, 0.6) is 0 Å². The summed E-state index contributed by atoms with van der Waals surface area (Å²) in [4.78, 5) is 23.5. The van der Waals surface area contributed by atoms with Crippen molar-refractivity contribution >= 4 is 22.6 Å². The van der Waals surface area contributed by atoms with E-state index in [9.17, 15) is 10.1 Å². The maximum absolute atomic E-state index is 12.0. The number of amides is 1. The second-order valence-corrected chi connectivity index (χ2v) is 5.85. The highest BCUT2D eigenvalue weighted by molar-refractivity contribution is 5.82. The Kier molecular flexibility index (Phi) is 3.72. The Hall–Kier alpha value is -2.55. The second-order valence-electron chi connectivity index (χ2n) is 5.85. The summed E-state index contributed by atoms with van der Waals surface area (Å²) in [7, 11) is 0. The number of rotatable bonds is 2. The fourth-order valence-corrected chi connectivity index (χ4v) is 2.83. The van der Waals surface area contributed by atoms with E-state index in [0.29, 0.717) is 18.8 Å². The lowest BCUT2D eigenvalue weighted by Crippen LogP contribution is -2.50. The van der Waals surface area contributed by atoms with Crippen molar-refractivity contribution in [2.45, 2.75) is 13.8 Å². The number of aromatic nitrogens is 2. The SMILES string of the molecule is CC(C)C(=O)N1CCN(c2cc3cc[nH]c3nc2C#N)CC1. The zero-order chi connectivity index (χ0) is 15.7. The molecule has 0 radical (unpaired) electrons. The monoisotopic (exact) mass is 297 g/mol. The Bertz CT molecular complexity index is 735. The molecule has 0 atom stereocenters. The molecule has 2 aromatic heterocycles. The number of H-pyrrole nitrogens is 1. The van der Waals surface area contributed by atoms with Crippen molar-refractivity contribution in [3.05, 3.63) is 24.0 Å². The minimum absolute atomic E-state index is 0.0269. The number of carbonyl (C=O) groups excluding carboxylic acids is 1. The highest BCUT2D eigenvalue weighted by Gasteiger charge is 2.24. The molecule has 6 heteroatoms. The van der Waals surface area contributed by atoms with Gasteiger partial charge in [0.25, 0.3) is 0 Å². The number of anilines is 1. The predicted octanol–water partition coefficient (Wildman–Crippen LogP) is 1.74. The smallest absolute Gasteiger partial charge is 0.225 e. The highest BCUT2D eigenvalue weighted by Crippen LogP contribution is 2.25. The topological polar surface area (TPSA) is 76.0 Å². The van der Waals surface area contributed by atoms with Crippen molar-refractivity contribution in [2.75, 3.05) is 31.1 Å². The molecule has 1 aliphatic rings. The number of nitrogens with zero attached hydrogens (tertiary/aromatic N) is 4. The lowest BCUT2D eigenvalue weighted by molar-refractivity contribution is -0.134. The molecule has 1 N–H and O–H groups in total. The summed E-state index contributed by atoms with van der Waals surface area (Å²) >= 11 is 0. The van der Waals surface area contributed by atoms with E-state index in [2.05, 4.69) is 20.9 Å². The number of fused-ring (bicyclic) bond motifs is 1. The van der Waals surface area contributed by atoms with Gasteiger partial charge in [-0.05, 0) is 12.1 Å². The number of hydrogen-bond donors (Lipinski definition) is 1. The summed E-state index contributed by atoms with van der Waals surface area (Å²) in [6.45, 7) is 6.67. The molecule has 1 amide bonds. The van der Waals surface area contributed by atoms with E-state index in [1.807, 2.05) is 37.1 Å². The highest BCUT2D eigenvalue weighted by atomic mass is 16.2. The van der Waals surface area contributed by atoms with Gasteiger partial charge in [0.05, 0.1) is 5.69 Å². The molecular formula is C16H19N5O. The van der Waals surface area contributed by atoms with Crippen LogP contribution >= 0.6 is 0 Å². The fourth-order valence-electron chi connectivity index (χ4n) is 2.83. The number of piperazine rings is 1. The summed E-state index contributed by atoms with van der Waals surface area (Å²) in [6.07, 6.45) is 1.82. The first-order valence-electron chi connectivity index (χ1n) is 7.52. The molecule has 1 fully saturated rings. The summed E-state index contributed by atoms with van der Waals surface area (Å²) in [5.41, 5.74) is 2.01. The standard InChI is InChI=1S/C16H19N5O/c1-11(2)16(22)21-7-5-20(6-8-21)14-9-12-3-4-18-15(12)19-13(14)10-17/h3-4,9,11H,5-8H2,1-2H3,(H,18,19). The molecule has 0 aliphatic carbocycles. The van der Waals surface area contributed by atoms with Crippen LogP contribution in [-0.2, 0) is 4.79 Å². The Morgan fingerprint density at radius 2 is 2.09 bits per heavy atom. The van der Waals surface area contributed by atoms with Crippen molar-refractivity contribution in [1.82, 2.24) is 14.9 Å². The van der Waals surface area contributed by atoms with Crippen molar-refractivity contribution < 1.29 is 4.79 Å². The third kappa shape index (κ3) is 2.50. The van der Waals surface area contributed by atoms with Gasteiger partial charge in [-0.2, -0.15) is 5.26 Å². The van der Waals surface area contributed by atoms with Gasteiger partial charge in [-0.25, -0.2) is 4.98 Å². The number of aromatic amines is 1. The largest absolute Gasteiger partial charge is 0.366 e. The third-order valence-corrected chi connectivity index (χ3v) is 4.05. The molecular weight excluding hydrogens is 278 g/mol. The predicted molar refractivity (Wildman–Crippen MR) is 84.4 cm³/mol. The first kappa shape index (κ1) is 14.4. The van der Waals surface area contributed by atoms with E-state index in [4.69, 9.17) is 0 Å². The molecule has 0 aromatic carbocycles. The quantitative estimate of drug-likeness (QED) is 0.916. The summed E-state index contributed by atoms with van der Waals surface area (Å²) in [5, 5.41) is 10.3. The lowest BCUT2D eigenvalue weighted by Gasteiger charge is -2.37. The summed E-state index contributed by atoms with van der Waals surface area (Å²) in [6, 6.07) is 6.12. The maximum Gasteiger partial charge on any atom is 0.225 e. The molecule has 0 spiro atoms. The molecule has 1 aliphatic heterocycles. The van der Waals surface area contributed by atoms with Crippen LogP contribution < -0.4 is 4.90 Å². The first-order chi connectivity index (χ1) is 10.6. The van der Waals surface area contributed by atoms with E-state index in [1.54, 1.807) is 0 Å². The van der Waals surface area contributed by atoms with Crippen molar-refractivity contribution in [1.29, 1.82) is 5.26 Å². The van der Waals surface area contributed by atoms with Gasteiger partial charge in [-0.3, -0.25) is 4.79 Å². The molecule has 6 nitrogen and oxygen atoms in total. The number of nitriles is 1. The van der Waals surface area contributed by atoms with Gasteiger partial charge < -0.3 is 14.8 Å². The molecule has 0 saturated carbocycles. The molecule has 2 aromatic rings. The zero-order valence-corrected chi connectivity index (χ0v) is 12.8. The van der Waals surface area contributed by atoms with Crippen molar-refractivity contribution in [2.24, 2.45) is 5.92 Å². The van der Waals surface area contributed by atoms with Crippen LogP contribution in [0.3, 0.4) is 0 Å². The molecule has 3 rings (SSSR count). The van der Waals surface area contributed by atoms with E-state index in [1.165, 1.54) is 0 Å². The average molecular weight is 297 g/mol.